The van der Waals surface area contributed by atoms with Gasteiger partial charge in [-0.2, -0.15) is 5.10 Å². The van der Waals surface area contributed by atoms with Gasteiger partial charge >= 0.3 is 0 Å². The predicted octanol–water partition coefficient (Wildman–Crippen LogP) is 3.06. The minimum atomic E-state index is -0.394. The van der Waals surface area contributed by atoms with E-state index in [0.717, 1.165) is 0 Å². The second-order valence-electron chi connectivity index (χ2n) is 4.90. The number of nitrogens with one attached hydrogen (secondary N) is 1. The molecule has 0 radical (unpaired) electrons. The molecule has 2 heterocycles. The molecule has 7 heteroatoms. The highest BCUT2D eigenvalue weighted by atomic mass is 19.1. The van der Waals surface area contributed by atoms with Crippen LogP contribution in [0.2, 0.25) is 0 Å². The molecule has 0 bridgehead atoms. The zero-order valence-electron chi connectivity index (χ0n) is 12.9. The minimum Gasteiger partial charge on any atom is -0.478 e. The predicted molar refractivity (Wildman–Crippen MR) is 86.9 cm³/mol. The third-order valence-electron chi connectivity index (χ3n) is 3.23. The van der Waals surface area contributed by atoms with Crippen LogP contribution in [0.5, 0.6) is 5.88 Å². The number of nitrogens with zero attached hydrogens (tertiary/aromatic N) is 3. The Morgan fingerprint density at radius 1 is 1.25 bits per heavy atom. The maximum Gasteiger partial charge on any atom is 0.257 e. The fraction of sp³-hybridized carbons (Fsp3) is 0.118. The molecule has 0 spiro atoms. The van der Waals surface area contributed by atoms with Crippen LogP contribution in [0.15, 0.2) is 55.0 Å². The minimum absolute atomic E-state index is 0.306. The Morgan fingerprint density at radius 2 is 2.08 bits per heavy atom. The van der Waals surface area contributed by atoms with Crippen LogP contribution in [0.1, 0.15) is 17.3 Å². The second-order valence-corrected chi connectivity index (χ2v) is 4.90. The normalized spacial score (nSPS) is 10.4. The molecule has 3 aromatic rings. The van der Waals surface area contributed by atoms with Crippen LogP contribution in [0.25, 0.3) is 5.69 Å². The third-order valence-corrected chi connectivity index (χ3v) is 3.23. The highest BCUT2D eigenvalue weighted by molar-refractivity contribution is 6.03. The van der Waals surface area contributed by atoms with Crippen molar-refractivity contribution in [1.82, 2.24) is 14.8 Å². The molecule has 1 amide bonds. The number of anilines is 1. The maximum absolute atomic E-state index is 13.7. The molecule has 0 aliphatic heterocycles. The van der Waals surface area contributed by atoms with Gasteiger partial charge in [-0.3, -0.25) is 4.79 Å². The lowest BCUT2D eigenvalue weighted by Crippen LogP contribution is -2.11. The fourth-order valence-electron chi connectivity index (χ4n) is 2.11. The van der Waals surface area contributed by atoms with E-state index < -0.39 is 5.82 Å². The van der Waals surface area contributed by atoms with Crippen LogP contribution in [0.3, 0.4) is 0 Å². The van der Waals surface area contributed by atoms with Crippen LogP contribution in [0.4, 0.5) is 10.1 Å². The molecule has 0 unspecified atom stereocenters. The van der Waals surface area contributed by atoms with Crippen LogP contribution >= 0.6 is 0 Å². The van der Waals surface area contributed by atoms with Gasteiger partial charge < -0.3 is 10.1 Å². The first-order valence-corrected chi connectivity index (χ1v) is 7.37. The summed E-state index contributed by atoms with van der Waals surface area (Å²) in [6, 6.07) is 9.51. The Kier molecular flexibility index (Phi) is 4.51. The molecule has 0 saturated carbocycles. The molecular weight excluding hydrogens is 311 g/mol. The van der Waals surface area contributed by atoms with E-state index in [1.165, 1.54) is 29.3 Å². The summed E-state index contributed by atoms with van der Waals surface area (Å²) in [5.74, 6) is -0.269. The van der Waals surface area contributed by atoms with Crippen molar-refractivity contribution in [2.24, 2.45) is 0 Å². The Balaban J connectivity index is 1.72. The van der Waals surface area contributed by atoms with Crippen LogP contribution in [-0.4, -0.2) is 27.3 Å². The van der Waals surface area contributed by atoms with Gasteiger partial charge in [-0.25, -0.2) is 14.1 Å². The quantitative estimate of drug-likeness (QED) is 0.782. The van der Waals surface area contributed by atoms with Crippen molar-refractivity contribution in [1.29, 1.82) is 0 Å². The number of hydrogen-bond donors (Lipinski definition) is 1. The summed E-state index contributed by atoms with van der Waals surface area (Å²) in [5, 5.41) is 6.75. The van der Waals surface area contributed by atoms with E-state index in [0.29, 0.717) is 29.4 Å². The average Bonchev–Trinajstić information content (AvgIpc) is 3.04. The Bertz CT molecular complexity index is 846. The van der Waals surface area contributed by atoms with E-state index in [1.54, 1.807) is 30.3 Å². The number of aromatic nitrogens is 3. The molecule has 0 saturated heterocycles. The average molecular weight is 326 g/mol. The number of carbonyl (C=O) groups excluding carboxylic acids is 1. The van der Waals surface area contributed by atoms with E-state index in [-0.39, 0.29) is 5.91 Å². The summed E-state index contributed by atoms with van der Waals surface area (Å²) in [6.07, 6.45) is 4.42. The number of pyridine rings is 1. The summed E-state index contributed by atoms with van der Waals surface area (Å²) in [6.45, 7) is 2.36. The fourth-order valence-corrected chi connectivity index (χ4v) is 2.11. The first-order valence-electron chi connectivity index (χ1n) is 7.37. The standard InChI is InChI=1S/C17H15FN4O2/c1-2-24-16-8-7-12(9-19-16)17(23)21-13-10-20-22(11-13)15-6-4-3-5-14(15)18/h3-11H,2H2,1H3,(H,21,23). The molecular formula is C17H15FN4O2. The lowest BCUT2D eigenvalue weighted by molar-refractivity contribution is 0.102. The van der Waals surface area contributed by atoms with Crippen LogP contribution < -0.4 is 10.1 Å². The Morgan fingerprint density at radius 3 is 2.79 bits per heavy atom. The number of rotatable bonds is 5. The lowest BCUT2D eigenvalue weighted by Gasteiger charge is -2.04. The van der Waals surface area contributed by atoms with Crippen molar-refractivity contribution in [3.63, 3.8) is 0 Å². The molecule has 122 valence electrons. The molecule has 0 aliphatic carbocycles. The lowest BCUT2D eigenvalue weighted by atomic mass is 10.2. The Labute approximate surface area is 137 Å². The number of halogens is 1. The number of para-hydroxylation sites is 1. The van der Waals surface area contributed by atoms with Gasteiger partial charge in [0.15, 0.2) is 0 Å². The molecule has 24 heavy (non-hydrogen) atoms. The van der Waals surface area contributed by atoms with Gasteiger partial charge in [-0.05, 0) is 25.1 Å². The number of benzene rings is 1. The van der Waals surface area contributed by atoms with Crippen LogP contribution in [-0.2, 0) is 0 Å². The Hall–Kier alpha value is -3.22. The topological polar surface area (TPSA) is 69.0 Å². The largest absolute Gasteiger partial charge is 0.478 e. The van der Waals surface area contributed by atoms with E-state index in [1.807, 2.05) is 6.92 Å². The molecule has 2 aromatic heterocycles. The van der Waals surface area contributed by atoms with Crippen molar-refractivity contribution in [3.8, 4) is 11.6 Å². The second kappa shape index (κ2) is 6.91. The summed E-state index contributed by atoms with van der Waals surface area (Å²) >= 11 is 0. The molecule has 3 rings (SSSR count). The highest BCUT2D eigenvalue weighted by Crippen LogP contribution is 2.16. The van der Waals surface area contributed by atoms with Crippen molar-refractivity contribution in [2.45, 2.75) is 6.92 Å². The van der Waals surface area contributed by atoms with Gasteiger partial charge in [0, 0.05) is 12.3 Å². The SMILES string of the molecule is CCOc1ccc(C(=O)Nc2cnn(-c3ccccc3F)c2)cn1. The summed E-state index contributed by atoms with van der Waals surface area (Å²) in [5.41, 5.74) is 1.15. The molecule has 0 atom stereocenters. The molecule has 6 nitrogen and oxygen atoms in total. The van der Waals surface area contributed by atoms with E-state index >= 15 is 0 Å². The number of ether oxygens (including phenoxy) is 1. The number of amides is 1. The van der Waals surface area contributed by atoms with Gasteiger partial charge in [0.25, 0.3) is 5.91 Å². The zero-order chi connectivity index (χ0) is 16.9. The van der Waals surface area contributed by atoms with E-state index in [2.05, 4.69) is 15.4 Å². The van der Waals surface area contributed by atoms with E-state index in [4.69, 9.17) is 4.74 Å². The molecule has 0 fully saturated rings. The molecule has 1 N–H and O–H groups in total. The van der Waals surface area contributed by atoms with Gasteiger partial charge in [0.2, 0.25) is 5.88 Å². The summed E-state index contributed by atoms with van der Waals surface area (Å²) in [7, 11) is 0. The highest BCUT2D eigenvalue weighted by Gasteiger charge is 2.10. The number of hydrogen-bond acceptors (Lipinski definition) is 4. The smallest absolute Gasteiger partial charge is 0.257 e. The zero-order valence-corrected chi connectivity index (χ0v) is 12.9. The first kappa shape index (κ1) is 15.7. The summed E-state index contributed by atoms with van der Waals surface area (Å²) in [4.78, 5) is 16.2. The molecule has 0 aliphatic rings. The van der Waals surface area contributed by atoms with Gasteiger partial charge in [0.05, 0.1) is 30.3 Å². The third kappa shape index (κ3) is 3.40. The van der Waals surface area contributed by atoms with Crippen molar-refractivity contribution in [3.05, 3.63) is 66.4 Å². The van der Waals surface area contributed by atoms with Crippen molar-refractivity contribution in [2.75, 3.05) is 11.9 Å². The van der Waals surface area contributed by atoms with Gasteiger partial charge in [0.1, 0.15) is 11.5 Å². The monoisotopic (exact) mass is 326 g/mol. The van der Waals surface area contributed by atoms with Crippen molar-refractivity contribution < 1.29 is 13.9 Å². The van der Waals surface area contributed by atoms with Crippen LogP contribution in [0, 0.1) is 5.82 Å². The number of carbonyl (C=O) groups is 1. The first-order chi connectivity index (χ1) is 11.7. The van der Waals surface area contributed by atoms with E-state index in [9.17, 15) is 9.18 Å². The van der Waals surface area contributed by atoms with Crippen molar-refractivity contribution >= 4 is 11.6 Å². The maximum atomic E-state index is 13.7. The van der Waals surface area contributed by atoms with Gasteiger partial charge in [-0.15, -0.1) is 0 Å². The van der Waals surface area contributed by atoms with Gasteiger partial charge in [-0.1, -0.05) is 12.1 Å². The molecule has 1 aromatic carbocycles. The summed E-state index contributed by atoms with van der Waals surface area (Å²) < 4.78 is 20.3.